The number of hydrogen-bond donors (Lipinski definition) is 2. The van der Waals surface area contributed by atoms with Gasteiger partial charge in [0, 0.05) is 34.8 Å². The third-order valence-corrected chi connectivity index (χ3v) is 4.33. The summed E-state index contributed by atoms with van der Waals surface area (Å²) < 4.78 is 0. The van der Waals surface area contributed by atoms with Crippen LogP contribution in [-0.4, -0.2) is 27.0 Å². The maximum atomic E-state index is 12.8. The molecule has 0 aliphatic carbocycles. The highest BCUT2D eigenvalue weighted by Crippen LogP contribution is 2.34. The zero-order chi connectivity index (χ0) is 20.2. The van der Waals surface area contributed by atoms with Gasteiger partial charge in [-0.25, -0.2) is 5.43 Å². The van der Waals surface area contributed by atoms with Gasteiger partial charge in [0.05, 0.1) is 16.8 Å². The van der Waals surface area contributed by atoms with Crippen LogP contribution in [0.2, 0.25) is 0 Å². The molecule has 0 aliphatic rings. The van der Waals surface area contributed by atoms with E-state index in [4.69, 9.17) is 0 Å². The average Bonchev–Trinajstić information content (AvgIpc) is 3.14. The topological polar surface area (TPSA) is 113 Å². The minimum atomic E-state index is -0.463. The van der Waals surface area contributed by atoms with Crippen LogP contribution in [0.25, 0.3) is 22.0 Å². The first-order valence-corrected chi connectivity index (χ1v) is 8.73. The summed E-state index contributed by atoms with van der Waals surface area (Å²) in [7, 11) is 0. The van der Waals surface area contributed by atoms with E-state index in [9.17, 15) is 14.9 Å². The Morgan fingerprint density at radius 3 is 2.62 bits per heavy atom. The fraction of sp³-hybridized carbons (Fsp3) is 0. The quantitative estimate of drug-likeness (QED) is 0.308. The summed E-state index contributed by atoms with van der Waals surface area (Å²) in [5.41, 5.74) is 5.26. The number of amides is 1. The zero-order valence-electron chi connectivity index (χ0n) is 15.1. The third kappa shape index (κ3) is 3.72. The van der Waals surface area contributed by atoms with E-state index in [1.54, 1.807) is 24.4 Å². The van der Waals surface area contributed by atoms with Gasteiger partial charge in [-0.15, -0.1) is 0 Å². The van der Waals surface area contributed by atoms with E-state index in [0.29, 0.717) is 22.2 Å². The van der Waals surface area contributed by atoms with Gasteiger partial charge in [0.15, 0.2) is 0 Å². The minimum Gasteiger partial charge on any atom is -0.350 e. The van der Waals surface area contributed by atoms with Gasteiger partial charge in [-0.2, -0.15) is 5.10 Å². The molecule has 0 saturated carbocycles. The van der Waals surface area contributed by atoms with Gasteiger partial charge < -0.3 is 4.98 Å². The van der Waals surface area contributed by atoms with Gasteiger partial charge in [0.25, 0.3) is 11.6 Å². The molecule has 2 N–H and O–H groups in total. The fourth-order valence-corrected chi connectivity index (χ4v) is 3.03. The standard InChI is InChI=1S/C21H15N5O3/c27-21(25-23-13-15-8-4-5-11-22-15)20-19(14-6-2-1-3-7-14)17-12-16(26(28)29)9-10-18(17)24-20/h1-13,24H,(H,25,27). The second-order valence-corrected chi connectivity index (χ2v) is 6.18. The van der Waals surface area contributed by atoms with Crippen molar-refractivity contribution in [3.05, 3.63) is 94.4 Å². The number of aromatic amines is 1. The number of fused-ring (bicyclic) bond motifs is 1. The van der Waals surface area contributed by atoms with Crippen LogP contribution in [0.5, 0.6) is 0 Å². The van der Waals surface area contributed by atoms with Crippen LogP contribution in [0.3, 0.4) is 0 Å². The van der Waals surface area contributed by atoms with Crippen molar-refractivity contribution in [3.63, 3.8) is 0 Å². The number of carbonyl (C=O) groups excluding carboxylic acids is 1. The number of pyridine rings is 1. The number of non-ortho nitro benzene ring substituents is 1. The minimum absolute atomic E-state index is 0.0474. The molecule has 2 aromatic heterocycles. The highest BCUT2D eigenvalue weighted by Gasteiger charge is 2.21. The molecule has 0 radical (unpaired) electrons. The van der Waals surface area contributed by atoms with Crippen molar-refractivity contribution >= 4 is 28.7 Å². The normalized spacial score (nSPS) is 11.0. The number of H-pyrrole nitrogens is 1. The van der Waals surface area contributed by atoms with Crippen molar-refractivity contribution in [2.75, 3.05) is 0 Å². The Labute approximate surface area is 165 Å². The number of nitrogens with one attached hydrogen (secondary N) is 2. The molecule has 0 fully saturated rings. The zero-order valence-corrected chi connectivity index (χ0v) is 15.1. The summed E-state index contributed by atoms with van der Waals surface area (Å²) in [6.07, 6.45) is 3.06. The lowest BCUT2D eigenvalue weighted by atomic mass is 10.0. The molecular formula is C21H15N5O3. The van der Waals surface area contributed by atoms with E-state index in [0.717, 1.165) is 5.56 Å². The van der Waals surface area contributed by atoms with E-state index in [1.165, 1.54) is 18.3 Å². The maximum Gasteiger partial charge on any atom is 0.288 e. The summed E-state index contributed by atoms with van der Waals surface area (Å²) in [5, 5.41) is 15.7. The number of carbonyl (C=O) groups is 1. The van der Waals surface area contributed by atoms with Gasteiger partial charge >= 0.3 is 0 Å². The Morgan fingerprint density at radius 1 is 1.10 bits per heavy atom. The maximum absolute atomic E-state index is 12.8. The van der Waals surface area contributed by atoms with Gasteiger partial charge in [0.2, 0.25) is 0 Å². The molecule has 0 unspecified atom stereocenters. The molecular weight excluding hydrogens is 370 g/mol. The lowest BCUT2D eigenvalue weighted by molar-refractivity contribution is -0.384. The van der Waals surface area contributed by atoms with Crippen LogP contribution >= 0.6 is 0 Å². The van der Waals surface area contributed by atoms with Crippen LogP contribution in [0.1, 0.15) is 16.2 Å². The largest absolute Gasteiger partial charge is 0.350 e. The van der Waals surface area contributed by atoms with Crippen molar-refractivity contribution in [1.29, 1.82) is 0 Å². The van der Waals surface area contributed by atoms with Crippen molar-refractivity contribution in [2.45, 2.75) is 0 Å². The molecule has 0 bridgehead atoms. The fourth-order valence-electron chi connectivity index (χ4n) is 3.03. The lowest BCUT2D eigenvalue weighted by Gasteiger charge is -2.04. The monoisotopic (exact) mass is 385 g/mol. The average molecular weight is 385 g/mol. The number of hydrogen-bond acceptors (Lipinski definition) is 5. The third-order valence-electron chi connectivity index (χ3n) is 4.33. The number of nitro groups is 1. The predicted octanol–water partition coefficient (Wildman–Crippen LogP) is 3.90. The number of benzene rings is 2. The van der Waals surface area contributed by atoms with Gasteiger partial charge in [-0.3, -0.25) is 19.9 Å². The number of rotatable bonds is 5. The van der Waals surface area contributed by atoms with E-state index >= 15 is 0 Å². The first-order chi connectivity index (χ1) is 14.1. The van der Waals surface area contributed by atoms with Crippen LogP contribution in [0.4, 0.5) is 5.69 Å². The molecule has 4 aromatic rings. The Morgan fingerprint density at radius 2 is 1.90 bits per heavy atom. The molecule has 0 saturated heterocycles. The van der Waals surface area contributed by atoms with Crippen LogP contribution in [0, 0.1) is 10.1 Å². The Hall–Kier alpha value is -4.33. The molecule has 29 heavy (non-hydrogen) atoms. The molecule has 8 heteroatoms. The van der Waals surface area contributed by atoms with Crippen molar-refractivity contribution in [1.82, 2.24) is 15.4 Å². The number of nitrogens with zero attached hydrogens (tertiary/aromatic N) is 3. The second-order valence-electron chi connectivity index (χ2n) is 6.18. The first kappa shape index (κ1) is 18.1. The summed E-state index contributed by atoms with van der Waals surface area (Å²) in [4.78, 5) is 30.7. The van der Waals surface area contributed by atoms with E-state index < -0.39 is 10.8 Å². The molecule has 2 aromatic carbocycles. The molecule has 8 nitrogen and oxygen atoms in total. The van der Waals surface area contributed by atoms with E-state index in [-0.39, 0.29) is 11.4 Å². The van der Waals surface area contributed by atoms with Crippen LogP contribution in [-0.2, 0) is 0 Å². The smallest absolute Gasteiger partial charge is 0.288 e. The predicted molar refractivity (Wildman–Crippen MR) is 110 cm³/mol. The Balaban J connectivity index is 1.76. The van der Waals surface area contributed by atoms with Crippen molar-refractivity contribution in [2.24, 2.45) is 5.10 Å². The summed E-state index contributed by atoms with van der Waals surface area (Å²) in [6, 6.07) is 19.0. The van der Waals surface area contributed by atoms with E-state index in [2.05, 4.69) is 20.5 Å². The first-order valence-electron chi connectivity index (χ1n) is 8.73. The lowest BCUT2D eigenvalue weighted by Crippen LogP contribution is -2.19. The molecule has 1 amide bonds. The summed E-state index contributed by atoms with van der Waals surface area (Å²) >= 11 is 0. The second kappa shape index (κ2) is 7.73. The molecule has 0 spiro atoms. The SMILES string of the molecule is O=C(NN=Cc1ccccn1)c1[nH]c2ccc([N+](=O)[O-])cc2c1-c1ccccc1. The molecule has 2 heterocycles. The van der Waals surface area contributed by atoms with Crippen molar-refractivity contribution in [3.8, 4) is 11.1 Å². The Kier molecular flexibility index (Phi) is 4.81. The van der Waals surface area contributed by atoms with Gasteiger partial charge in [-0.1, -0.05) is 36.4 Å². The van der Waals surface area contributed by atoms with Crippen molar-refractivity contribution < 1.29 is 9.72 Å². The molecule has 0 aliphatic heterocycles. The summed E-state index contributed by atoms with van der Waals surface area (Å²) in [6.45, 7) is 0. The number of hydrazone groups is 1. The molecule has 142 valence electrons. The van der Waals surface area contributed by atoms with Crippen LogP contribution < -0.4 is 5.43 Å². The number of aromatic nitrogens is 2. The number of nitro benzene ring substituents is 1. The molecule has 0 atom stereocenters. The molecule has 4 rings (SSSR count). The van der Waals surface area contributed by atoms with E-state index in [1.807, 2.05) is 36.4 Å². The highest BCUT2D eigenvalue weighted by molar-refractivity contribution is 6.10. The Bertz CT molecular complexity index is 1220. The summed E-state index contributed by atoms with van der Waals surface area (Å²) in [5.74, 6) is -0.463. The van der Waals surface area contributed by atoms with Gasteiger partial charge in [0.1, 0.15) is 5.69 Å². The van der Waals surface area contributed by atoms with Crippen LogP contribution in [0.15, 0.2) is 78.0 Å². The van der Waals surface area contributed by atoms with Gasteiger partial charge in [-0.05, 0) is 23.8 Å². The highest BCUT2D eigenvalue weighted by atomic mass is 16.6.